The predicted octanol–water partition coefficient (Wildman–Crippen LogP) is 1.08. The lowest BCUT2D eigenvalue weighted by molar-refractivity contribution is -0.119. The molecule has 1 unspecified atom stereocenters. The SMILES string of the molecule is Cc1ncc(CO)c(CN(CC2CCC(=O)N2)C(C)C)c1O. The third-order valence-electron chi connectivity index (χ3n) is 4.23. The van der Waals surface area contributed by atoms with Gasteiger partial charge in [-0.05, 0) is 27.2 Å². The van der Waals surface area contributed by atoms with Gasteiger partial charge >= 0.3 is 0 Å². The Morgan fingerprint density at radius 3 is 2.77 bits per heavy atom. The highest BCUT2D eigenvalue weighted by Gasteiger charge is 2.25. The van der Waals surface area contributed by atoms with Crippen molar-refractivity contribution in [2.75, 3.05) is 6.54 Å². The second-order valence-electron chi connectivity index (χ2n) is 6.18. The van der Waals surface area contributed by atoms with E-state index < -0.39 is 0 Å². The van der Waals surface area contributed by atoms with Gasteiger partial charge in [0.15, 0.2) is 0 Å². The number of carbonyl (C=O) groups is 1. The Balaban J connectivity index is 2.17. The fourth-order valence-electron chi connectivity index (χ4n) is 2.76. The molecular weight excluding hydrogens is 282 g/mol. The summed E-state index contributed by atoms with van der Waals surface area (Å²) in [5.41, 5.74) is 1.92. The van der Waals surface area contributed by atoms with Gasteiger partial charge < -0.3 is 15.5 Å². The number of hydrogen-bond donors (Lipinski definition) is 3. The summed E-state index contributed by atoms with van der Waals surface area (Å²) in [6.07, 6.45) is 3.04. The van der Waals surface area contributed by atoms with E-state index in [0.717, 1.165) is 13.0 Å². The van der Waals surface area contributed by atoms with Crippen LogP contribution in [0.4, 0.5) is 0 Å². The molecule has 0 aliphatic carbocycles. The number of nitrogens with zero attached hydrogens (tertiary/aromatic N) is 2. The normalized spacial score (nSPS) is 18.3. The fraction of sp³-hybridized carbons (Fsp3) is 0.625. The van der Waals surface area contributed by atoms with Gasteiger partial charge in [0.25, 0.3) is 0 Å². The molecule has 0 radical (unpaired) electrons. The number of amides is 1. The van der Waals surface area contributed by atoms with Gasteiger partial charge in [0.05, 0.1) is 12.3 Å². The summed E-state index contributed by atoms with van der Waals surface area (Å²) in [6, 6.07) is 0.412. The van der Waals surface area contributed by atoms with Crippen molar-refractivity contribution in [2.45, 2.75) is 58.8 Å². The molecular formula is C16H25N3O3. The summed E-state index contributed by atoms with van der Waals surface area (Å²) >= 11 is 0. The van der Waals surface area contributed by atoms with Crippen molar-refractivity contribution < 1.29 is 15.0 Å². The summed E-state index contributed by atoms with van der Waals surface area (Å²) in [5, 5.41) is 22.7. The fourth-order valence-corrected chi connectivity index (χ4v) is 2.76. The average Bonchev–Trinajstić information content (AvgIpc) is 2.88. The molecule has 122 valence electrons. The molecule has 1 amide bonds. The molecule has 1 atom stereocenters. The Kier molecular flexibility index (Phi) is 5.37. The molecule has 6 heteroatoms. The number of nitrogens with one attached hydrogen (secondary N) is 1. The van der Waals surface area contributed by atoms with Crippen LogP contribution in [-0.2, 0) is 17.9 Å². The van der Waals surface area contributed by atoms with Crippen LogP contribution in [0.5, 0.6) is 5.75 Å². The molecule has 0 spiro atoms. The zero-order valence-corrected chi connectivity index (χ0v) is 13.5. The first kappa shape index (κ1) is 16.7. The second kappa shape index (κ2) is 7.07. The molecule has 1 fully saturated rings. The van der Waals surface area contributed by atoms with E-state index in [4.69, 9.17) is 0 Å². The molecule has 0 saturated carbocycles. The molecule has 0 bridgehead atoms. The van der Waals surface area contributed by atoms with E-state index in [0.29, 0.717) is 29.8 Å². The quantitative estimate of drug-likeness (QED) is 0.732. The number of aryl methyl sites for hydroxylation is 1. The van der Waals surface area contributed by atoms with Crippen molar-refractivity contribution >= 4 is 5.91 Å². The van der Waals surface area contributed by atoms with Crippen molar-refractivity contribution in [3.8, 4) is 5.75 Å². The van der Waals surface area contributed by atoms with Gasteiger partial charge in [0.1, 0.15) is 5.75 Å². The summed E-state index contributed by atoms with van der Waals surface area (Å²) in [6.45, 7) is 7.02. The molecule has 1 saturated heterocycles. The van der Waals surface area contributed by atoms with Crippen molar-refractivity contribution in [2.24, 2.45) is 0 Å². The van der Waals surface area contributed by atoms with E-state index in [9.17, 15) is 15.0 Å². The maximum absolute atomic E-state index is 11.4. The number of pyridine rings is 1. The van der Waals surface area contributed by atoms with Gasteiger partial charge in [-0.1, -0.05) is 0 Å². The van der Waals surface area contributed by atoms with Crippen LogP contribution < -0.4 is 5.32 Å². The molecule has 1 aliphatic rings. The second-order valence-corrected chi connectivity index (χ2v) is 6.18. The Hall–Kier alpha value is -1.66. The first-order valence-corrected chi connectivity index (χ1v) is 7.73. The average molecular weight is 307 g/mol. The van der Waals surface area contributed by atoms with Gasteiger partial charge in [-0.3, -0.25) is 14.7 Å². The summed E-state index contributed by atoms with van der Waals surface area (Å²) < 4.78 is 0. The molecule has 1 aliphatic heterocycles. The highest BCUT2D eigenvalue weighted by molar-refractivity contribution is 5.78. The van der Waals surface area contributed by atoms with Crippen LogP contribution in [0, 0.1) is 6.92 Å². The van der Waals surface area contributed by atoms with Crippen LogP contribution in [0.15, 0.2) is 6.20 Å². The Labute approximate surface area is 131 Å². The van der Waals surface area contributed by atoms with E-state index in [-0.39, 0.29) is 30.3 Å². The molecule has 1 aromatic heterocycles. The zero-order valence-electron chi connectivity index (χ0n) is 13.5. The minimum Gasteiger partial charge on any atom is -0.506 e. The Bertz CT molecular complexity index is 546. The highest BCUT2D eigenvalue weighted by atomic mass is 16.3. The lowest BCUT2D eigenvalue weighted by Crippen LogP contribution is -2.41. The van der Waals surface area contributed by atoms with Crippen LogP contribution in [0.3, 0.4) is 0 Å². The van der Waals surface area contributed by atoms with Gasteiger partial charge in [0, 0.05) is 48.9 Å². The molecule has 3 N–H and O–H groups in total. The largest absolute Gasteiger partial charge is 0.506 e. The Morgan fingerprint density at radius 1 is 1.50 bits per heavy atom. The summed E-state index contributed by atoms with van der Waals surface area (Å²) in [5.74, 6) is 0.250. The molecule has 0 aromatic carbocycles. The number of hydrogen-bond acceptors (Lipinski definition) is 5. The summed E-state index contributed by atoms with van der Waals surface area (Å²) in [4.78, 5) is 17.6. The molecule has 1 aromatic rings. The predicted molar refractivity (Wildman–Crippen MR) is 83.3 cm³/mol. The van der Waals surface area contributed by atoms with Crippen molar-refractivity contribution in [1.82, 2.24) is 15.2 Å². The monoisotopic (exact) mass is 307 g/mol. The number of carbonyl (C=O) groups excluding carboxylic acids is 1. The molecule has 6 nitrogen and oxygen atoms in total. The number of aromatic hydroxyl groups is 1. The van der Waals surface area contributed by atoms with Gasteiger partial charge in [-0.25, -0.2) is 0 Å². The molecule has 2 rings (SSSR count). The smallest absolute Gasteiger partial charge is 0.220 e. The van der Waals surface area contributed by atoms with Gasteiger partial charge in [-0.15, -0.1) is 0 Å². The van der Waals surface area contributed by atoms with Crippen molar-refractivity contribution in [3.63, 3.8) is 0 Å². The first-order chi connectivity index (χ1) is 10.4. The zero-order chi connectivity index (χ0) is 16.3. The maximum Gasteiger partial charge on any atom is 0.220 e. The molecule has 2 heterocycles. The van der Waals surface area contributed by atoms with Crippen LogP contribution in [0.25, 0.3) is 0 Å². The lowest BCUT2D eigenvalue weighted by atomic mass is 10.1. The maximum atomic E-state index is 11.4. The van der Waals surface area contributed by atoms with E-state index in [2.05, 4.69) is 29.0 Å². The Morgan fingerprint density at radius 2 is 2.23 bits per heavy atom. The van der Waals surface area contributed by atoms with Gasteiger partial charge in [-0.2, -0.15) is 0 Å². The van der Waals surface area contributed by atoms with Crippen LogP contribution in [-0.4, -0.2) is 44.6 Å². The first-order valence-electron chi connectivity index (χ1n) is 7.73. The third-order valence-corrected chi connectivity index (χ3v) is 4.23. The van der Waals surface area contributed by atoms with E-state index >= 15 is 0 Å². The van der Waals surface area contributed by atoms with Crippen LogP contribution in [0.2, 0.25) is 0 Å². The van der Waals surface area contributed by atoms with Gasteiger partial charge in [0.2, 0.25) is 5.91 Å². The highest BCUT2D eigenvalue weighted by Crippen LogP contribution is 2.26. The van der Waals surface area contributed by atoms with Crippen molar-refractivity contribution in [3.05, 3.63) is 23.0 Å². The number of rotatable bonds is 6. The lowest BCUT2D eigenvalue weighted by Gasteiger charge is -2.30. The van der Waals surface area contributed by atoms with E-state index in [1.165, 1.54) is 0 Å². The standard InChI is InChI=1S/C16H25N3O3/c1-10(2)19(7-13-4-5-15(21)18-13)8-14-12(9-20)6-17-11(3)16(14)22/h6,10,13,20,22H,4-5,7-9H2,1-3H3,(H,18,21). The third kappa shape index (κ3) is 3.75. The minimum atomic E-state index is -0.151. The van der Waals surface area contributed by atoms with E-state index in [1.54, 1.807) is 13.1 Å². The minimum absolute atomic E-state index is 0.104. The summed E-state index contributed by atoms with van der Waals surface area (Å²) in [7, 11) is 0. The number of aromatic nitrogens is 1. The topological polar surface area (TPSA) is 85.7 Å². The van der Waals surface area contributed by atoms with E-state index in [1.807, 2.05) is 0 Å². The molecule has 22 heavy (non-hydrogen) atoms. The number of aliphatic hydroxyl groups is 1. The van der Waals surface area contributed by atoms with Crippen LogP contribution >= 0.6 is 0 Å². The van der Waals surface area contributed by atoms with Crippen molar-refractivity contribution in [1.29, 1.82) is 0 Å². The van der Waals surface area contributed by atoms with Crippen LogP contribution in [0.1, 0.15) is 43.5 Å². The number of aliphatic hydroxyl groups excluding tert-OH is 1.